The van der Waals surface area contributed by atoms with Gasteiger partial charge in [-0.15, -0.1) is 18.5 Å². The Morgan fingerprint density at radius 2 is 1.47 bits per heavy atom. The zero-order valence-corrected chi connectivity index (χ0v) is 20.6. The number of oxazole rings is 1. The largest absolute Gasteiger partial charge is 0.434 e. The van der Waals surface area contributed by atoms with Gasteiger partial charge in [0.1, 0.15) is 0 Å². The first-order chi connectivity index (χ1) is 16.3. The Hall–Kier alpha value is -3.39. The number of benzene rings is 3. The summed E-state index contributed by atoms with van der Waals surface area (Å²) >= 11 is 0. The van der Waals surface area contributed by atoms with Crippen LogP contribution in [0.15, 0.2) is 82.8 Å². The molecule has 3 aromatic carbocycles. The Morgan fingerprint density at radius 1 is 0.882 bits per heavy atom. The summed E-state index contributed by atoms with van der Waals surface area (Å²) < 4.78 is 8.00. The zero-order chi connectivity index (χ0) is 23.6. The highest BCUT2D eigenvalue weighted by atomic mass is 31.1. The van der Waals surface area contributed by atoms with Crippen molar-refractivity contribution in [1.29, 1.82) is 0 Å². The van der Waals surface area contributed by atoms with Crippen LogP contribution in [0.25, 0.3) is 39.5 Å². The van der Waals surface area contributed by atoms with Crippen molar-refractivity contribution in [3.63, 3.8) is 0 Å². The van der Waals surface area contributed by atoms with E-state index in [0.29, 0.717) is 33.9 Å². The summed E-state index contributed by atoms with van der Waals surface area (Å²) in [5.74, 6) is -0.00513. The fraction of sp³-hybridized carbons (Fsp3) is 0.0741. The number of ketones is 2. The van der Waals surface area contributed by atoms with Crippen molar-refractivity contribution in [2.24, 2.45) is 0 Å². The number of allylic oxidation sites excluding steroid dienone is 1. The number of carbonyl (C=O) groups is 2. The summed E-state index contributed by atoms with van der Waals surface area (Å²) in [6, 6.07) is 22.9. The molecule has 0 saturated carbocycles. The molecule has 0 N–H and O–H groups in total. The first-order valence-corrected chi connectivity index (χ1v) is 12.0. The summed E-state index contributed by atoms with van der Waals surface area (Å²) in [6.07, 6.45) is 1.65. The van der Waals surface area contributed by atoms with Gasteiger partial charge in [-0.3, -0.25) is 9.59 Å². The highest BCUT2D eigenvalue weighted by molar-refractivity contribution is 7.38. The third kappa shape index (κ3) is 3.27. The topological polar surface area (TPSA) is 65.1 Å². The van der Waals surface area contributed by atoms with E-state index < -0.39 is 5.02 Å². The van der Waals surface area contributed by atoms with Crippen molar-refractivity contribution >= 4 is 58.1 Å². The van der Waals surface area contributed by atoms with Crippen LogP contribution in [0.3, 0.4) is 0 Å². The van der Waals surface area contributed by atoms with Crippen LogP contribution in [-0.2, 0) is 5.02 Å². The highest BCUT2D eigenvalue weighted by Crippen LogP contribution is 2.40. The average molecular weight is 482 g/mol. The maximum Gasteiger partial charge on any atom is 0.228 e. The number of aromatic nitrogens is 2. The normalized spacial score (nSPS) is 13.8. The molecule has 0 radical (unpaired) electrons. The summed E-state index contributed by atoms with van der Waals surface area (Å²) in [4.78, 5) is 31.3. The van der Waals surface area contributed by atoms with Gasteiger partial charge in [0.2, 0.25) is 5.89 Å². The minimum absolute atomic E-state index is 0.147. The number of rotatable bonds is 3. The average Bonchev–Trinajstić information content (AvgIpc) is 3.44. The number of fused-ring (bicyclic) bond motifs is 3. The summed E-state index contributed by atoms with van der Waals surface area (Å²) in [5.41, 5.74) is 3.81. The van der Waals surface area contributed by atoms with Crippen molar-refractivity contribution in [3.05, 3.63) is 95.2 Å². The number of hydrogen-bond donors (Lipinski definition) is 0. The van der Waals surface area contributed by atoms with Gasteiger partial charge in [0.15, 0.2) is 22.8 Å². The van der Waals surface area contributed by atoms with Crippen molar-refractivity contribution < 1.29 is 14.0 Å². The van der Waals surface area contributed by atoms with Crippen LogP contribution in [0.4, 0.5) is 0 Å². The van der Waals surface area contributed by atoms with E-state index in [2.05, 4.69) is 18.5 Å². The molecule has 2 unspecified atom stereocenters. The second kappa shape index (κ2) is 7.56. The molecule has 2 atom stereocenters. The molecule has 5 nitrogen and oxygen atoms in total. The molecule has 0 aliphatic heterocycles. The zero-order valence-electron chi connectivity index (χ0n) is 18.3. The maximum atomic E-state index is 13.3. The minimum Gasteiger partial charge on any atom is -0.434 e. The smallest absolute Gasteiger partial charge is 0.228 e. The van der Waals surface area contributed by atoms with Crippen molar-refractivity contribution in [3.8, 4) is 11.5 Å². The third-order valence-electron chi connectivity index (χ3n) is 6.04. The molecule has 34 heavy (non-hydrogen) atoms. The number of Topliss-reactive ketones (excluding diaryl/α,β-unsaturated/α-hetero) is 2. The Balaban J connectivity index is 1.50. The lowest BCUT2D eigenvalue weighted by Crippen LogP contribution is -2.16. The number of hydrogen-bond acceptors (Lipinski definition) is 4. The SMILES string of the molecule is CC(P)(P)n1c(C=C2C(=O)c3cc4ccccc4cc3C2=O)cc2oc(-c3ccccc3)nc21. The molecular formula is C27H20N2O3P2. The Labute approximate surface area is 200 Å². The maximum absolute atomic E-state index is 13.3. The van der Waals surface area contributed by atoms with Gasteiger partial charge in [0, 0.05) is 28.5 Å². The molecular weight excluding hydrogens is 462 g/mol. The lowest BCUT2D eigenvalue weighted by Gasteiger charge is -2.23. The van der Waals surface area contributed by atoms with Gasteiger partial charge in [-0.05, 0) is 48.0 Å². The fourth-order valence-electron chi connectivity index (χ4n) is 4.50. The monoisotopic (exact) mass is 482 g/mol. The van der Waals surface area contributed by atoms with Crippen LogP contribution in [0, 0.1) is 0 Å². The summed E-state index contributed by atoms with van der Waals surface area (Å²) in [5, 5.41) is 1.35. The van der Waals surface area contributed by atoms with Crippen molar-refractivity contribution in [1.82, 2.24) is 9.55 Å². The van der Waals surface area contributed by atoms with E-state index in [9.17, 15) is 9.59 Å². The van der Waals surface area contributed by atoms with E-state index in [4.69, 9.17) is 9.40 Å². The van der Waals surface area contributed by atoms with E-state index in [1.54, 1.807) is 18.2 Å². The first-order valence-electron chi connectivity index (χ1n) is 10.8. The molecule has 1 aliphatic rings. The van der Waals surface area contributed by atoms with Gasteiger partial charge >= 0.3 is 0 Å². The molecule has 7 heteroatoms. The van der Waals surface area contributed by atoms with E-state index in [-0.39, 0.29) is 17.1 Å². The lowest BCUT2D eigenvalue weighted by atomic mass is 10.0. The standard InChI is InChI=1S/C27H20N2O3P2/c1-27(33,34)29-18(14-22-25(29)28-26(32-22)15-7-3-2-4-8-15)13-21-23(30)19-11-16-9-5-6-10-17(16)12-20(19)24(21)31/h2-14H,33-34H2,1H3. The highest BCUT2D eigenvalue weighted by Gasteiger charge is 2.34. The van der Waals surface area contributed by atoms with Crippen molar-refractivity contribution in [2.75, 3.05) is 0 Å². The van der Waals surface area contributed by atoms with Gasteiger partial charge in [-0.1, -0.05) is 42.5 Å². The Kier molecular flexibility index (Phi) is 4.71. The van der Waals surface area contributed by atoms with E-state index >= 15 is 0 Å². The Bertz CT molecular complexity index is 1610. The molecule has 0 fully saturated rings. The third-order valence-corrected chi connectivity index (χ3v) is 6.56. The molecule has 0 spiro atoms. The van der Waals surface area contributed by atoms with Gasteiger partial charge in [0.25, 0.3) is 0 Å². The molecule has 5 aromatic rings. The van der Waals surface area contributed by atoms with Crippen LogP contribution in [0.5, 0.6) is 0 Å². The van der Waals surface area contributed by atoms with Gasteiger partial charge in [-0.2, -0.15) is 4.98 Å². The molecule has 6 rings (SSSR count). The van der Waals surface area contributed by atoms with Crippen LogP contribution in [0.2, 0.25) is 0 Å². The first kappa shape index (κ1) is 21.2. The van der Waals surface area contributed by atoms with Crippen LogP contribution < -0.4 is 0 Å². The molecule has 166 valence electrons. The molecule has 1 aliphatic carbocycles. The molecule has 2 aromatic heterocycles. The molecule has 0 bridgehead atoms. The lowest BCUT2D eigenvalue weighted by molar-refractivity contribution is 0.0990. The molecule has 0 amide bonds. The van der Waals surface area contributed by atoms with E-state index in [0.717, 1.165) is 16.3 Å². The van der Waals surface area contributed by atoms with Crippen LogP contribution in [-0.4, -0.2) is 21.1 Å². The van der Waals surface area contributed by atoms with Gasteiger partial charge < -0.3 is 8.98 Å². The number of nitrogens with zero attached hydrogens (tertiary/aromatic N) is 2. The molecule has 0 saturated heterocycles. The minimum atomic E-state index is -0.523. The predicted octanol–water partition coefficient (Wildman–Crippen LogP) is 6.29. The van der Waals surface area contributed by atoms with Gasteiger partial charge in [-0.25, -0.2) is 0 Å². The summed E-state index contributed by atoms with van der Waals surface area (Å²) in [6.45, 7) is 1.99. The second-order valence-corrected chi connectivity index (χ2v) is 11.7. The van der Waals surface area contributed by atoms with Gasteiger partial charge in [0.05, 0.1) is 10.6 Å². The Morgan fingerprint density at radius 3 is 2.06 bits per heavy atom. The van der Waals surface area contributed by atoms with Crippen LogP contribution >= 0.6 is 18.5 Å². The quantitative estimate of drug-likeness (QED) is 0.172. The summed E-state index contributed by atoms with van der Waals surface area (Å²) in [7, 11) is 5.52. The van der Waals surface area contributed by atoms with E-state index in [1.807, 2.05) is 72.2 Å². The second-order valence-electron chi connectivity index (χ2n) is 8.66. The number of carbonyl (C=O) groups excluding carboxylic acids is 2. The van der Waals surface area contributed by atoms with Crippen LogP contribution in [0.1, 0.15) is 33.3 Å². The molecule has 2 heterocycles. The fourth-order valence-corrected chi connectivity index (χ4v) is 5.05. The van der Waals surface area contributed by atoms with Crippen molar-refractivity contribution in [2.45, 2.75) is 11.9 Å². The predicted molar refractivity (Wildman–Crippen MR) is 141 cm³/mol. The van der Waals surface area contributed by atoms with E-state index in [1.165, 1.54) is 0 Å².